The van der Waals surface area contributed by atoms with E-state index >= 15 is 0 Å². The van der Waals surface area contributed by atoms with Gasteiger partial charge in [-0.05, 0) is 36.9 Å². The van der Waals surface area contributed by atoms with Gasteiger partial charge in [0.05, 0.1) is 33.4 Å². The van der Waals surface area contributed by atoms with Crippen molar-refractivity contribution in [2.45, 2.75) is 13.1 Å². The van der Waals surface area contributed by atoms with Crippen LogP contribution in [0.2, 0.25) is 10.0 Å². The number of aromatic nitrogens is 1. The molecule has 1 amide bonds. The molecule has 0 saturated carbocycles. The van der Waals surface area contributed by atoms with Crippen LogP contribution in [0.1, 0.15) is 10.6 Å². The quantitative estimate of drug-likeness (QED) is 0.594. The fourth-order valence-electron chi connectivity index (χ4n) is 2.64. The van der Waals surface area contributed by atoms with Crippen LogP contribution < -0.4 is 0 Å². The summed E-state index contributed by atoms with van der Waals surface area (Å²) in [5, 5.41) is 2.00. The number of carbonyl (C=O) groups is 1. The van der Waals surface area contributed by atoms with E-state index in [1.165, 1.54) is 0 Å². The second-order valence-electron chi connectivity index (χ2n) is 6.25. The number of hydrogen-bond donors (Lipinski definition) is 0. The van der Waals surface area contributed by atoms with Gasteiger partial charge in [-0.2, -0.15) is 0 Å². The molecule has 4 nitrogen and oxygen atoms in total. The van der Waals surface area contributed by atoms with Crippen molar-refractivity contribution in [2.75, 3.05) is 20.6 Å². The van der Waals surface area contributed by atoms with Gasteiger partial charge < -0.3 is 4.90 Å². The van der Waals surface area contributed by atoms with Gasteiger partial charge in [0.15, 0.2) is 0 Å². The van der Waals surface area contributed by atoms with Crippen LogP contribution >= 0.6 is 34.5 Å². The molecule has 2 aromatic carbocycles. The zero-order valence-electron chi connectivity index (χ0n) is 14.6. The Morgan fingerprint density at radius 2 is 1.85 bits per heavy atom. The highest BCUT2D eigenvalue weighted by Gasteiger charge is 2.15. The van der Waals surface area contributed by atoms with Gasteiger partial charge >= 0.3 is 0 Å². The molecule has 1 aromatic heterocycles. The summed E-state index contributed by atoms with van der Waals surface area (Å²) in [6, 6.07) is 13.5. The first kappa shape index (κ1) is 19.1. The number of benzene rings is 2. The molecule has 3 rings (SSSR count). The second kappa shape index (κ2) is 8.35. The topological polar surface area (TPSA) is 36.4 Å². The van der Waals surface area contributed by atoms with Gasteiger partial charge in [0.25, 0.3) is 0 Å². The lowest BCUT2D eigenvalue weighted by molar-refractivity contribution is -0.131. The molecule has 7 heteroatoms. The summed E-state index contributed by atoms with van der Waals surface area (Å²) >= 11 is 13.6. The third-order valence-electron chi connectivity index (χ3n) is 3.98. The Morgan fingerprint density at radius 3 is 2.58 bits per heavy atom. The van der Waals surface area contributed by atoms with E-state index in [0.717, 1.165) is 20.8 Å². The van der Waals surface area contributed by atoms with Crippen LogP contribution in [0.15, 0.2) is 42.5 Å². The van der Waals surface area contributed by atoms with Crippen molar-refractivity contribution in [2.24, 2.45) is 0 Å². The first-order valence-corrected chi connectivity index (χ1v) is 9.70. The monoisotopic (exact) mass is 407 g/mol. The van der Waals surface area contributed by atoms with E-state index in [4.69, 9.17) is 23.2 Å². The standard InChI is InChI=1S/C19H19Cl2N3OS/c1-23(10-13-7-8-14(20)15(21)9-13)12-19(25)24(2)11-18-22-16-5-3-4-6-17(16)26-18/h3-9H,10-12H2,1-2H3. The van der Waals surface area contributed by atoms with Crippen molar-refractivity contribution < 1.29 is 4.79 Å². The van der Waals surface area contributed by atoms with Gasteiger partial charge in [-0.25, -0.2) is 4.98 Å². The molecule has 136 valence electrons. The molecule has 0 spiro atoms. The molecular formula is C19H19Cl2N3OS. The largest absolute Gasteiger partial charge is 0.338 e. The maximum absolute atomic E-state index is 12.5. The van der Waals surface area contributed by atoms with Gasteiger partial charge in [0, 0.05) is 13.6 Å². The Labute approximate surface area is 167 Å². The highest BCUT2D eigenvalue weighted by Crippen LogP contribution is 2.24. The molecule has 0 saturated heterocycles. The van der Waals surface area contributed by atoms with E-state index in [0.29, 0.717) is 29.7 Å². The summed E-state index contributed by atoms with van der Waals surface area (Å²) in [6.07, 6.45) is 0. The first-order chi connectivity index (χ1) is 12.4. The van der Waals surface area contributed by atoms with Crippen LogP contribution in [-0.4, -0.2) is 41.3 Å². The number of hydrogen-bond acceptors (Lipinski definition) is 4. The van der Waals surface area contributed by atoms with Crippen LogP contribution in [-0.2, 0) is 17.9 Å². The maximum Gasteiger partial charge on any atom is 0.236 e. The summed E-state index contributed by atoms with van der Waals surface area (Å²) in [4.78, 5) is 20.7. The Hall–Kier alpha value is -1.66. The molecule has 0 fully saturated rings. The predicted molar refractivity (Wildman–Crippen MR) is 109 cm³/mol. The van der Waals surface area contributed by atoms with Crippen LogP contribution in [0.3, 0.4) is 0 Å². The van der Waals surface area contributed by atoms with Crippen LogP contribution in [0, 0.1) is 0 Å². The van der Waals surface area contributed by atoms with Crippen molar-refractivity contribution in [1.29, 1.82) is 0 Å². The lowest BCUT2D eigenvalue weighted by atomic mass is 10.2. The molecule has 1 heterocycles. The number of likely N-dealkylation sites (N-methyl/N-ethyl adjacent to an activating group) is 2. The van der Waals surface area contributed by atoms with E-state index in [1.807, 2.05) is 48.3 Å². The van der Waals surface area contributed by atoms with Crippen LogP contribution in [0.4, 0.5) is 0 Å². The smallest absolute Gasteiger partial charge is 0.236 e. The van der Waals surface area contributed by atoms with E-state index in [9.17, 15) is 4.79 Å². The highest BCUT2D eigenvalue weighted by atomic mass is 35.5. The van der Waals surface area contributed by atoms with Gasteiger partial charge in [-0.15, -0.1) is 11.3 Å². The van der Waals surface area contributed by atoms with Gasteiger partial charge in [-0.1, -0.05) is 41.4 Å². The minimum absolute atomic E-state index is 0.0480. The summed E-state index contributed by atoms with van der Waals surface area (Å²) in [5.74, 6) is 0.0480. The fourth-order valence-corrected chi connectivity index (χ4v) is 3.98. The molecule has 0 unspecified atom stereocenters. The number of rotatable bonds is 6. The van der Waals surface area contributed by atoms with E-state index < -0.39 is 0 Å². The van der Waals surface area contributed by atoms with Crippen molar-refractivity contribution in [3.05, 3.63) is 63.1 Å². The fraction of sp³-hybridized carbons (Fsp3) is 0.263. The molecule has 0 bridgehead atoms. The molecule has 0 aliphatic carbocycles. The average molecular weight is 408 g/mol. The van der Waals surface area contributed by atoms with Crippen molar-refractivity contribution >= 4 is 50.7 Å². The zero-order chi connectivity index (χ0) is 18.7. The summed E-state index contributed by atoms with van der Waals surface area (Å²) in [6.45, 7) is 1.46. The lowest BCUT2D eigenvalue weighted by Crippen LogP contribution is -2.36. The maximum atomic E-state index is 12.5. The van der Waals surface area contributed by atoms with Crippen molar-refractivity contribution in [3.8, 4) is 0 Å². The Morgan fingerprint density at radius 1 is 1.08 bits per heavy atom. The minimum atomic E-state index is 0.0480. The predicted octanol–water partition coefficient (Wildman–Crippen LogP) is 4.69. The van der Waals surface area contributed by atoms with Crippen LogP contribution in [0.5, 0.6) is 0 Å². The number of para-hydroxylation sites is 1. The molecular weight excluding hydrogens is 389 g/mol. The van der Waals surface area contributed by atoms with Crippen molar-refractivity contribution in [3.63, 3.8) is 0 Å². The summed E-state index contributed by atoms with van der Waals surface area (Å²) < 4.78 is 1.14. The molecule has 0 radical (unpaired) electrons. The Balaban J connectivity index is 1.56. The molecule has 0 aliphatic heterocycles. The number of amides is 1. The Bertz CT molecular complexity index is 895. The third kappa shape index (κ3) is 4.74. The normalized spacial score (nSPS) is 11.3. The van der Waals surface area contributed by atoms with E-state index in [2.05, 4.69) is 4.98 Å². The number of halogens is 2. The number of carbonyl (C=O) groups excluding carboxylic acids is 1. The second-order valence-corrected chi connectivity index (χ2v) is 8.18. The Kier molecular flexibility index (Phi) is 6.14. The molecule has 26 heavy (non-hydrogen) atoms. The van der Waals surface area contributed by atoms with E-state index in [-0.39, 0.29) is 5.91 Å². The lowest BCUT2D eigenvalue weighted by Gasteiger charge is -2.21. The van der Waals surface area contributed by atoms with Crippen molar-refractivity contribution in [1.82, 2.24) is 14.8 Å². The van der Waals surface area contributed by atoms with Gasteiger partial charge in [-0.3, -0.25) is 9.69 Å². The zero-order valence-corrected chi connectivity index (χ0v) is 16.9. The number of nitrogens with zero attached hydrogens (tertiary/aromatic N) is 3. The highest BCUT2D eigenvalue weighted by molar-refractivity contribution is 7.18. The third-order valence-corrected chi connectivity index (χ3v) is 5.74. The minimum Gasteiger partial charge on any atom is -0.338 e. The van der Waals surface area contributed by atoms with E-state index in [1.54, 1.807) is 29.4 Å². The first-order valence-electron chi connectivity index (χ1n) is 8.13. The summed E-state index contributed by atoms with van der Waals surface area (Å²) in [5.41, 5.74) is 1.99. The molecule has 0 N–H and O–H groups in total. The molecule has 0 atom stereocenters. The molecule has 3 aromatic rings. The SMILES string of the molecule is CN(CC(=O)N(C)Cc1nc2ccccc2s1)Cc1ccc(Cl)c(Cl)c1. The number of fused-ring (bicyclic) bond motifs is 1. The van der Waals surface area contributed by atoms with Crippen LogP contribution in [0.25, 0.3) is 10.2 Å². The summed E-state index contributed by atoms with van der Waals surface area (Å²) in [7, 11) is 3.72. The molecule has 0 aliphatic rings. The van der Waals surface area contributed by atoms with Gasteiger partial charge in [0.2, 0.25) is 5.91 Å². The van der Waals surface area contributed by atoms with Gasteiger partial charge in [0.1, 0.15) is 5.01 Å². The average Bonchev–Trinajstić information content (AvgIpc) is 3.00. The number of thiazole rings is 1.